The third kappa shape index (κ3) is 3.15. The van der Waals surface area contributed by atoms with Crippen molar-refractivity contribution in [1.29, 1.82) is 0 Å². The summed E-state index contributed by atoms with van der Waals surface area (Å²) in [5, 5.41) is 0. The minimum absolute atomic E-state index is 0.361. The zero-order valence-electron chi connectivity index (χ0n) is 9.59. The third-order valence-electron chi connectivity index (χ3n) is 2.68. The minimum atomic E-state index is -4.69. The molecular formula is C14H9BrF4. The van der Waals surface area contributed by atoms with Crippen molar-refractivity contribution < 1.29 is 17.6 Å². The molecule has 0 saturated heterocycles. The fourth-order valence-electron chi connectivity index (χ4n) is 1.73. The van der Waals surface area contributed by atoms with E-state index in [2.05, 4.69) is 15.9 Å². The number of benzene rings is 2. The minimum Gasteiger partial charge on any atom is -0.206 e. The van der Waals surface area contributed by atoms with Gasteiger partial charge in [0.15, 0.2) is 0 Å². The molecule has 0 aliphatic rings. The maximum absolute atomic E-state index is 13.2. The highest BCUT2D eigenvalue weighted by molar-refractivity contribution is 9.09. The van der Waals surface area contributed by atoms with E-state index in [1.54, 1.807) is 24.3 Å². The second-order valence-corrected chi connectivity index (χ2v) is 4.93. The van der Waals surface area contributed by atoms with Crippen molar-refractivity contribution in [3.8, 4) is 0 Å². The average Bonchev–Trinajstić information content (AvgIpc) is 2.38. The summed E-state index contributed by atoms with van der Waals surface area (Å²) in [5.74, 6) is -1.26. The zero-order chi connectivity index (χ0) is 14.0. The Morgan fingerprint density at radius 2 is 1.53 bits per heavy atom. The van der Waals surface area contributed by atoms with Gasteiger partial charge in [0.1, 0.15) is 5.82 Å². The molecule has 0 aliphatic heterocycles. The van der Waals surface area contributed by atoms with E-state index in [4.69, 9.17) is 0 Å². The summed E-state index contributed by atoms with van der Waals surface area (Å²) in [6.45, 7) is 0. The molecule has 0 aromatic heterocycles. The van der Waals surface area contributed by atoms with Crippen LogP contribution in [-0.2, 0) is 6.18 Å². The van der Waals surface area contributed by atoms with Gasteiger partial charge in [-0.2, -0.15) is 13.2 Å². The first-order chi connectivity index (χ1) is 8.89. The molecule has 100 valence electrons. The van der Waals surface area contributed by atoms with Crippen LogP contribution in [-0.4, -0.2) is 0 Å². The van der Waals surface area contributed by atoms with E-state index >= 15 is 0 Å². The molecular weight excluding hydrogens is 324 g/mol. The molecule has 0 saturated carbocycles. The summed E-state index contributed by atoms with van der Waals surface area (Å²) < 4.78 is 51.1. The van der Waals surface area contributed by atoms with Crippen LogP contribution in [0.5, 0.6) is 0 Å². The number of hydrogen-bond acceptors (Lipinski definition) is 0. The van der Waals surface area contributed by atoms with Gasteiger partial charge < -0.3 is 0 Å². The standard InChI is InChI=1S/C14H9BrF4/c15-13(9-4-2-1-3-5-9)10-6-7-12(16)11(8-10)14(17,18)19/h1-8,13H. The molecule has 1 atom stereocenters. The smallest absolute Gasteiger partial charge is 0.206 e. The Labute approximate surface area is 116 Å². The maximum atomic E-state index is 13.2. The van der Waals surface area contributed by atoms with Crippen molar-refractivity contribution in [2.75, 3.05) is 0 Å². The molecule has 1 unspecified atom stereocenters. The molecule has 0 fully saturated rings. The molecule has 0 nitrogen and oxygen atoms in total. The van der Waals surface area contributed by atoms with Gasteiger partial charge in [-0.25, -0.2) is 4.39 Å². The van der Waals surface area contributed by atoms with Crippen LogP contribution in [0.3, 0.4) is 0 Å². The molecule has 0 bridgehead atoms. The summed E-state index contributed by atoms with van der Waals surface area (Å²) in [4.78, 5) is -0.407. The van der Waals surface area contributed by atoms with Crippen molar-refractivity contribution in [2.45, 2.75) is 11.0 Å². The molecule has 0 heterocycles. The van der Waals surface area contributed by atoms with Crippen molar-refractivity contribution >= 4 is 15.9 Å². The van der Waals surface area contributed by atoms with Gasteiger partial charge in [0.2, 0.25) is 0 Å². The topological polar surface area (TPSA) is 0 Å². The van der Waals surface area contributed by atoms with Crippen molar-refractivity contribution in [3.63, 3.8) is 0 Å². The van der Waals surface area contributed by atoms with Gasteiger partial charge >= 0.3 is 6.18 Å². The van der Waals surface area contributed by atoms with E-state index in [0.29, 0.717) is 5.56 Å². The van der Waals surface area contributed by atoms with Crippen molar-refractivity contribution in [1.82, 2.24) is 0 Å². The molecule has 5 heteroatoms. The fourth-order valence-corrected chi connectivity index (χ4v) is 2.32. The number of halogens is 5. The number of hydrogen-bond donors (Lipinski definition) is 0. The lowest BCUT2D eigenvalue weighted by Crippen LogP contribution is -2.09. The first kappa shape index (κ1) is 14.1. The van der Waals surface area contributed by atoms with Gasteiger partial charge in [0.05, 0.1) is 10.4 Å². The molecule has 0 spiro atoms. The van der Waals surface area contributed by atoms with E-state index in [9.17, 15) is 17.6 Å². The molecule has 2 rings (SSSR count). The average molecular weight is 333 g/mol. The van der Waals surface area contributed by atoms with Gasteiger partial charge in [-0.15, -0.1) is 0 Å². The lowest BCUT2D eigenvalue weighted by Gasteiger charge is -2.14. The Morgan fingerprint density at radius 3 is 2.11 bits per heavy atom. The summed E-state index contributed by atoms with van der Waals surface area (Å²) in [5.41, 5.74) is -0.0764. The van der Waals surface area contributed by atoms with Crippen LogP contribution in [0.1, 0.15) is 21.5 Å². The summed E-state index contributed by atoms with van der Waals surface area (Å²) in [6, 6.07) is 12.0. The Morgan fingerprint density at radius 1 is 0.895 bits per heavy atom. The monoisotopic (exact) mass is 332 g/mol. The highest BCUT2D eigenvalue weighted by atomic mass is 79.9. The van der Waals surface area contributed by atoms with E-state index in [1.807, 2.05) is 6.07 Å². The normalized spacial score (nSPS) is 13.3. The Bertz CT molecular complexity index is 563. The lowest BCUT2D eigenvalue weighted by molar-refractivity contribution is -0.140. The van der Waals surface area contributed by atoms with Gasteiger partial charge in [-0.05, 0) is 23.3 Å². The van der Waals surface area contributed by atoms with E-state index in [1.165, 1.54) is 6.07 Å². The first-order valence-corrected chi connectivity index (χ1v) is 6.37. The SMILES string of the molecule is Fc1ccc(C(Br)c2ccccc2)cc1C(F)(F)F. The predicted molar refractivity (Wildman–Crippen MR) is 68.6 cm³/mol. The van der Waals surface area contributed by atoms with E-state index in [-0.39, 0.29) is 0 Å². The molecule has 0 N–H and O–H groups in total. The van der Waals surface area contributed by atoms with Crippen molar-refractivity contribution in [2.24, 2.45) is 0 Å². The van der Waals surface area contributed by atoms with E-state index < -0.39 is 22.4 Å². The number of rotatable bonds is 2. The predicted octanol–water partition coefficient (Wildman–Crippen LogP) is 5.33. The first-order valence-electron chi connectivity index (χ1n) is 5.45. The van der Waals surface area contributed by atoms with Crippen LogP contribution in [0, 0.1) is 5.82 Å². The fraction of sp³-hybridized carbons (Fsp3) is 0.143. The highest BCUT2D eigenvalue weighted by Gasteiger charge is 2.34. The second kappa shape index (κ2) is 5.33. The largest absolute Gasteiger partial charge is 0.419 e. The number of alkyl halides is 4. The highest BCUT2D eigenvalue weighted by Crippen LogP contribution is 2.36. The Hall–Kier alpha value is -1.36. The van der Waals surface area contributed by atoms with Gasteiger partial charge in [-0.1, -0.05) is 52.3 Å². The van der Waals surface area contributed by atoms with E-state index in [0.717, 1.165) is 17.7 Å². The summed E-state index contributed by atoms with van der Waals surface area (Å²) in [7, 11) is 0. The van der Waals surface area contributed by atoms with Crippen LogP contribution in [0.25, 0.3) is 0 Å². The van der Waals surface area contributed by atoms with Gasteiger partial charge in [-0.3, -0.25) is 0 Å². The molecule has 19 heavy (non-hydrogen) atoms. The van der Waals surface area contributed by atoms with Crippen LogP contribution >= 0.6 is 15.9 Å². The molecule has 2 aromatic carbocycles. The quantitative estimate of drug-likeness (QED) is 0.515. The van der Waals surface area contributed by atoms with Crippen LogP contribution in [0.2, 0.25) is 0 Å². The summed E-state index contributed by atoms with van der Waals surface area (Å²) >= 11 is 3.33. The van der Waals surface area contributed by atoms with Crippen LogP contribution in [0.15, 0.2) is 48.5 Å². The molecule has 0 radical (unpaired) electrons. The summed E-state index contributed by atoms with van der Waals surface area (Å²) in [6.07, 6.45) is -4.69. The Kier molecular flexibility index (Phi) is 3.94. The maximum Gasteiger partial charge on any atom is 0.419 e. The molecule has 0 amide bonds. The van der Waals surface area contributed by atoms with Crippen LogP contribution < -0.4 is 0 Å². The zero-order valence-corrected chi connectivity index (χ0v) is 11.2. The lowest BCUT2D eigenvalue weighted by atomic mass is 10.0. The van der Waals surface area contributed by atoms with Crippen LogP contribution in [0.4, 0.5) is 17.6 Å². The third-order valence-corrected chi connectivity index (χ3v) is 3.74. The van der Waals surface area contributed by atoms with Gasteiger partial charge in [0.25, 0.3) is 0 Å². The van der Waals surface area contributed by atoms with Crippen molar-refractivity contribution in [3.05, 3.63) is 71.0 Å². The van der Waals surface area contributed by atoms with Gasteiger partial charge in [0, 0.05) is 0 Å². The molecule has 2 aromatic rings. The Balaban J connectivity index is 2.42. The second-order valence-electron chi connectivity index (χ2n) is 4.01. The molecule has 0 aliphatic carbocycles.